The second-order valence-electron chi connectivity index (χ2n) is 3.34. The predicted molar refractivity (Wildman–Crippen MR) is 57.0 cm³/mol. The van der Waals surface area contributed by atoms with E-state index in [1.807, 2.05) is 0 Å². The summed E-state index contributed by atoms with van der Waals surface area (Å²) in [5, 5.41) is 11.3. The summed E-state index contributed by atoms with van der Waals surface area (Å²) in [6, 6.07) is 0. The molecular formula is C8H17F3N2O3S. The van der Waals surface area contributed by atoms with Crippen LogP contribution in [-0.4, -0.2) is 62.5 Å². The topological polar surface area (TPSA) is 69.6 Å². The lowest BCUT2D eigenvalue weighted by Crippen LogP contribution is -2.43. The minimum Gasteiger partial charge on any atom is -0.395 e. The fourth-order valence-corrected chi connectivity index (χ4v) is 2.50. The van der Waals surface area contributed by atoms with Crippen LogP contribution in [0.5, 0.6) is 0 Å². The zero-order chi connectivity index (χ0) is 13.5. The third-order valence-electron chi connectivity index (χ3n) is 1.89. The second kappa shape index (κ2) is 7.14. The van der Waals surface area contributed by atoms with Gasteiger partial charge >= 0.3 is 6.18 Å². The van der Waals surface area contributed by atoms with Crippen molar-refractivity contribution in [1.82, 2.24) is 9.62 Å². The van der Waals surface area contributed by atoms with Gasteiger partial charge in [-0.1, -0.05) is 6.92 Å². The lowest BCUT2D eigenvalue weighted by molar-refractivity contribution is -0.136. The third kappa shape index (κ3) is 7.53. The molecule has 0 amide bonds. The van der Waals surface area contributed by atoms with Crippen molar-refractivity contribution in [2.75, 3.05) is 38.5 Å². The van der Waals surface area contributed by atoms with Crippen LogP contribution in [0.1, 0.15) is 6.92 Å². The summed E-state index contributed by atoms with van der Waals surface area (Å²) < 4.78 is 59.8. The molecule has 0 aromatic heterocycles. The van der Waals surface area contributed by atoms with Crippen molar-refractivity contribution in [1.29, 1.82) is 0 Å². The SMILES string of the molecule is CCNCCS(=O)(=O)N(CCO)CC(F)(F)F. The molecule has 0 aliphatic heterocycles. The average molecular weight is 278 g/mol. The van der Waals surface area contributed by atoms with Crippen LogP contribution in [0.15, 0.2) is 0 Å². The van der Waals surface area contributed by atoms with Gasteiger partial charge < -0.3 is 10.4 Å². The largest absolute Gasteiger partial charge is 0.402 e. The number of nitrogens with one attached hydrogen (secondary N) is 1. The fourth-order valence-electron chi connectivity index (χ4n) is 1.14. The van der Waals surface area contributed by atoms with Crippen molar-refractivity contribution in [3.63, 3.8) is 0 Å². The molecule has 0 heterocycles. The highest BCUT2D eigenvalue weighted by atomic mass is 32.2. The van der Waals surface area contributed by atoms with Crippen LogP contribution in [-0.2, 0) is 10.0 Å². The smallest absolute Gasteiger partial charge is 0.395 e. The number of hydrogen-bond acceptors (Lipinski definition) is 4. The summed E-state index contributed by atoms with van der Waals surface area (Å²) in [6.07, 6.45) is -4.61. The van der Waals surface area contributed by atoms with Gasteiger partial charge in [0, 0.05) is 13.1 Å². The number of aliphatic hydroxyl groups is 1. The molecule has 0 saturated heterocycles. The van der Waals surface area contributed by atoms with Gasteiger partial charge in [0.15, 0.2) is 0 Å². The molecule has 104 valence electrons. The molecule has 17 heavy (non-hydrogen) atoms. The van der Waals surface area contributed by atoms with Gasteiger partial charge in [0.1, 0.15) is 6.54 Å². The van der Waals surface area contributed by atoms with E-state index in [4.69, 9.17) is 5.11 Å². The van der Waals surface area contributed by atoms with E-state index in [-0.39, 0.29) is 10.8 Å². The highest BCUT2D eigenvalue weighted by Crippen LogP contribution is 2.18. The third-order valence-corrected chi connectivity index (χ3v) is 3.70. The molecule has 0 radical (unpaired) electrons. The Morgan fingerprint density at radius 2 is 1.94 bits per heavy atom. The van der Waals surface area contributed by atoms with Gasteiger partial charge in [0.25, 0.3) is 0 Å². The first kappa shape index (κ1) is 16.6. The molecule has 0 saturated carbocycles. The lowest BCUT2D eigenvalue weighted by Gasteiger charge is -2.22. The zero-order valence-electron chi connectivity index (χ0n) is 9.50. The summed E-state index contributed by atoms with van der Waals surface area (Å²) in [6.45, 7) is -0.381. The molecule has 0 rings (SSSR count). The summed E-state index contributed by atoms with van der Waals surface area (Å²) in [4.78, 5) is 0. The normalized spacial score (nSPS) is 13.3. The number of rotatable bonds is 8. The first-order valence-corrected chi connectivity index (χ1v) is 6.70. The highest BCUT2D eigenvalue weighted by molar-refractivity contribution is 7.89. The van der Waals surface area contributed by atoms with Crippen molar-refractivity contribution < 1.29 is 26.7 Å². The van der Waals surface area contributed by atoms with E-state index in [0.717, 1.165) is 0 Å². The molecule has 0 atom stereocenters. The summed E-state index contributed by atoms with van der Waals surface area (Å²) >= 11 is 0. The van der Waals surface area contributed by atoms with Gasteiger partial charge in [0.2, 0.25) is 10.0 Å². The van der Waals surface area contributed by atoms with Crippen LogP contribution in [0.4, 0.5) is 13.2 Å². The van der Waals surface area contributed by atoms with Crippen LogP contribution in [0.3, 0.4) is 0 Å². The minimum atomic E-state index is -4.61. The molecule has 0 bridgehead atoms. The average Bonchev–Trinajstić information content (AvgIpc) is 2.15. The molecule has 0 unspecified atom stereocenters. The van der Waals surface area contributed by atoms with E-state index in [9.17, 15) is 21.6 Å². The number of alkyl halides is 3. The molecule has 0 aliphatic carbocycles. The van der Waals surface area contributed by atoms with Gasteiger partial charge in [-0.25, -0.2) is 8.42 Å². The van der Waals surface area contributed by atoms with Gasteiger partial charge in [-0.3, -0.25) is 0 Å². The summed E-state index contributed by atoms with van der Waals surface area (Å²) in [5.41, 5.74) is 0. The maximum absolute atomic E-state index is 12.1. The first-order valence-electron chi connectivity index (χ1n) is 5.09. The van der Waals surface area contributed by atoms with Crippen LogP contribution in [0.25, 0.3) is 0 Å². The lowest BCUT2D eigenvalue weighted by atomic mass is 10.6. The standard InChI is InChI=1S/C8H17F3N2O3S/c1-2-12-3-6-17(15,16)13(4-5-14)7-8(9,10)11/h12,14H,2-7H2,1H3. The van der Waals surface area contributed by atoms with Gasteiger partial charge in [-0.05, 0) is 6.54 Å². The van der Waals surface area contributed by atoms with Crippen LogP contribution >= 0.6 is 0 Å². The van der Waals surface area contributed by atoms with Crippen molar-refractivity contribution >= 4 is 10.0 Å². The second-order valence-corrected chi connectivity index (χ2v) is 5.43. The molecule has 0 aromatic carbocycles. The Labute approximate surface area is 98.7 Å². The fraction of sp³-hybridized carbons (Fsp3) is 1.00. The Bertz CT molecular complexity index is 306. The maximum atomic E-state index is 12.1. The minimum absolute atomic E-state index is 0.0820. The zero-order valence-corrected chi connectivity index (χ0v) is 10.3. The van der Waals surface area contributed by atoms with Gasteiger partial charge in [0.05, 0.1) is 12.4 Å². The molecule has 0 aliphatic rings. The Kier molecular flexibility index (Phi) is 6.98. The number of nitrogens with zero attached hydrogens (tertiary/aromatic N) is 1. The molecule has 0 spiro atoms. The Balaban J connectivity index is 4.56. The molecular weight excluding hydrogens is 261 g/mol. The molecule has 0 fully saturated rings. The van der Waals surface area contributed by atoms with E-state index in [1.165, 1.54) is 0 Å². The monoisotopic (exact) mass is 278 g/mol. The van der Waals surface area contributed by atoms with Gasteiger partial charge in [-0.15, -0.1) is 0 Å². The Hall–Kier alpha value is -0.380. The van der Waals surface area contributed by atoms with Crippen LogP contribution in [0.2, 0.25) is 0 Å². The van der Waals surface area contributed by atoms with E-state index in [0.29, 0.717) is 6.54 Å². The summed E-state index contributed by atoms with van der Waals surface area (Å²) in [5.74, 6) is -0.420. The predicted octanol–water partition coefficient (Wildman–Crippen LogP) is -0.218. The Morgan fingerprint density at radius 1 is 1.35 bits per heavy atom. The molecule has 5 nitrogen and oxygen atoms in total. The van der Waals surface area contributed by atoms with Crippen molar-refractivity contribution in [2.24, 2.45) is 0 Å². The van der Waals surface area contributed by atoms with Gasteiger partial charge in [-0.2, -0.15) is 17.5 Å². The molecule has 2 N–H and O–H groups in total. The number of aliphatic hydroxyl groups excluding tert-OH is 1. The van der Waals surface area contributed by atoms with Crippen molar-refractivity contribution in [3.05, 3.63) is 0 Å². The molecule has 0 aromatic rings. The highest BCUT2D eigenvalue weighted by Gasteiger charge is 2.35. The van der Waals surface area contributed by atoms with Crippen LogP contribution in [0, 0.1) is 0 Å². The maximum Gasteiger partial charge on any atom is 0.402 e. The van der Waals surface area contributed by atoms with Crippen LogP contribution < -0.4 is 5.32 Å². The van der Waals surface area contributed by atoms with E-state index < -0.39 is 41.6 Å². The number of hydrogen-bond donors (Lipinski definition) is 2. The van der Waals surface area contributed by atoms with E-state index >= 15 is 0 Å². The van der Waals surface area contributed by atoms with E-state index in [2.05, 4.69) is 5.32 Å². The van der Waals surface area contributed by atoms with Crippen molar-refractivity contribution in [3.8, 4) is 0 Å². The van der Waals surface area contributed by atoms with E-state index in [1.54, 1.807) is 6.92 Å². The number of halogens is 3. The molecule has 9 heteroatoms. The quantitative estimate of drug-likeness (QED) is 0.602. The summed E-state index contributed by atoms with van der Waals surface area (Å²) in [7, 11) is -4.00. The Morgan fingerprint density at radius 3 is 2.35 bits per heavy atom. The number of sulfonamides is 1. The first-order chi connectivity index (χ1) is 7.73. The van der Waals surface area contributed by atoms with Crippen molar-refractivity contribution in [2.45, 2.75) is 13.1 Å².